The summed E-state index contributed by atoms with van der Waals surface area (Å²) in [6.45, 7) is 3.18. The summed E-state index contributed by atoms with van der Waals surface area (Å²) in [5.74, 6) is 1.78. The highest BCUT2D eigenvalue weighted by molar-refractivity contribution is 5.75. The maximum absolute atomic E-state index is 11.5. The van der Waals surface area contributed by atoms with Crippen molar-refractivity contribution in [2.24, 2.45) is 11.8 Å². The van der Waals surface area contributed by atoms with Crippen molar-refractivity contribution < 1.29 is 4.79 Å². The van der Waals surface area contributed by atoms with Gasteiger partial charge in [-0.25, -0.2) is 0 Å². The predicted molar refractivity (Wildman–Crippen MR) is 60.6 cm³/mol. The zero-order valence-corrected chi connectivity index (χ0v) is 9.43. The molecule has 0 aromatic carbocycles. The molecule has 3 heteroatoms. The van der Waals surface area contributed by atoms with Crippen LogP contribution in [0.2, 0.25) is 0 Å². The molecule has 86 valence electrons. The molecule has 1 heterocycles. The van der Waals surface area contributed by atoms with E-state index in [1.165, 1.54) is 25.7 Å². The lowest BCUT2D eigenvalue weighted by Crippen LogP contribution is -2.31. The first-order valence-corrected chi connectivity index (χ1v) is 6.32. The van der Waals surface area contributed by atoms with Gasteiger partial charge in [0.25, 0.3) is 0 Å². The maximum Gasteiger partial charge on any atom is 0.220 e. The van der Waals surface area contributed by atoms with Crippen LogP contribution in [0.1, 0.15) is 38.5 Å². The van der Waals surface area contributed by atoms with E-state index in [1.54, 1.807) is 0 Å². The molecule has 1 aliphatic heterocycles. The van der Waals surface area contributed by atoms with Crippen molar-refractivity contribution in [2.45, 2.75) is 38.5 Å². The molecule has 1 atom stereocenters. The predicted octanol–water partition coefficient (Wildman–Crippen LogP) is 1.29. The van der Waals surface area contributed by atoms with E-state index in [-0.39, 0.29) is 5.91 Å². The van der Waals surface area contributed by atoms with Crippen LogP contribution in [0, 0.1) is 11.8 Å². The summed E-state index contributed by atoms with van der Waals surface area (Å²) < 4.78 is 0. The Morgan fingerprint density at radius 1 is 1.27 bits per heavy atom. The van der Waals surface area contributed by atoms with Crippen molar-refractivity contribution in [1.82, 2.24) is 10.6 Å². The molecule has 1 saturated carbocycles. The molecule has 3 nitrogen and oxygen atoms in total. The van der Waals surface area contributed by atoms with Gasteiger partial charge in [-0.2, -0.15) is 0 Å². The van der Waals surface area contributed by atoms with Gasteiger partial charge < -0.3 is 10.6 Å². The lowest BCUT2D eigenvalue weighted by Gasteiger charge is -2.22. The largest absolute Gasteiger partial charge is 0.356 e. The molecule has 2 N–H and O–H groups in total. The van der Waals surface area contributed by atoms with Gasteiger partial charge >= 0.3 is 0 Å². The highest BCUT2D eigenvalue weighted by Crippen LogP contribution is 2.27. The van der Waals surface area contributed by atoms with Gasteiger partial charge in [-0.15, -0.1) is 0 Å². The fourth-order valence-electron chi connectivity index (χ4n) is 2.17. The summed E-state index contributed by atoms with van der Waals surface area (Å²) in [6.07, 6.45) is 6.97. The van der Waals surface area contributed by atoms with Crippen LogP contribution >= 0.6 is 0 Å². The molecule has 2 fully saturated rings. The summed E-state index contributed by atoms with van der Waals surface area (Å²) in [6, 6.07) is 0. The van der Waals surface area contributed by atoms with Gasteiger partial charge in [-0.1, -0.05) is 0 Å². The molecule has 2 aliphatic rings. The van der Waals surface area contributed by atoms with Crippen molar-refractivity contribution in [3.05, 3.63) is 0 Å². The summed E-state index contributed by atoms with van der Waals surface area (Å²) in [7, 11) is 0. The summed E-state index contributed by atoms with van der Waals surface area (Å²) >= 11 is 0. The quantitative estimate of drug-likeness (QED) is 0.718. The standard InChI is InChI=1S/C12H22N2O/c15-12(14-9-11-3-4-11)6-5-10-2-1-7-13-8-10/h10-11,13H,1-9H2,(H,14,15). The molecule has 15 heavy (non-hydrogen) atoms. The molecular formula is C12H22N2O. The molecule has 0 spiro atoms. The Morgan fingerprint density at radius 2 is 2.13 bits per heavy atom. The first-order valence-electron chi connectivity index (χ1n) is 6.32. The van der Waals surface area contributed by atoms with Crippen LogP contribution in [-0.4, -0.2) is 25.5 Å². The van der Waals surface area contributed by atoms with Crippen molar-refractivity contribution in [1.29, 1.82) is 0 Å². The molecule has 0 radical (unpaired) electrons. The fourth-order valence-corrected chi connectivity index (χ4v) is 2.17. The number of carbonyl (C=O) groups is 1. The lowest BCUT2D eigenvalue weighted by atomic mass is 9.94. The summed E-state index contributed by atoms with van der Waals surface area (Å²) in [5, 5.41) is 6.41. The highest BCUT2D eigenvalue weighted by Gasteiger charge is 2.21. The SMILES string of the molecule is O=C(CCC1CCCNC1)NCC1CC1. The van der Waals surface area contributed by atoms with Gasteiger partial charge in [0.2, 0.25) is 5.91 Å². The van der Waals surface area contributed by atoms with E-state index in [0.717, 1.165) is 44.3 Å². The highest BCUT2D eigenvalue weighted by atomic mass is 16.1. The lowest BCUT2D eigenvalue weighted by molar-refractivity contribution is -0.121. The van der Waals surface area contributed by atoms with Crippen LogP contribution < -0.4 is 10.6 Å². The monoisotopic (exact) mass is 210 g/mol. The van der Waals surface area contributed by atoms with E-state index in [2.05, 4.69) is 10.6 Å². The minimum absolute atomic E-state index is 0.257. The zero-order valence-electron chi connectivity index (χ0n) is 9.43. The molecular weight excluding hydrogens is 188 g/mol. The number of rotatable bonds is 5. The van der Waals surface area contributed by atoms with Crippen LogP contribution in [-0.2, 0) is 4.79 Å². The Balaban J connectivity index is 1.53. The van der Waals surface area contributed by atoms with Crippen molar-refractivity contribution in [2.75, 3.05) is 19.6 Å². The Hall–Kier alpha value is -0.570. The summed E-state index contributed by atoms with van der Waals surface area (Å²) in [4.78, 5) is 11.5. The van der Waals surface area contributed by atoms with Gasteiger partial charge in [-0.05, 0) is 57.0 Å². The summed E-state index contributed by atoms with van der Waals surface area (Å²) in [5.41, 5.74) is 0. The number of nitrogens with one attached hydrogen (secondary N) is 2. The van der Waals surface area contributed by atoms with Crippen molar-refractivity contribution >= 4 is 5.91 Å². The van der Waals surface area contributed by atoms with Crippen LogP contribution in [0.3, 0.4) is 0 Å². The third-order valence-corrected chi connectivity index (χ3v) is 3.46. The third kappa shape index (κ3) is 4.20. The molecule has 1 unspecified atom stereocenters. The van der Waals surface area contributed by atoms with E-state index < -0.39 is 0 Å². The maximum atomic E-state index is 11.5. The Labute approximate surface area is 92.0 Å². The Bertz CT molecular complexity index is 208. The fraction of sp³-hybridized carbons (Fsp3) is 0.917. The Kier molecular flexibility index (Phi) is 4.01. The molecule has 0 aromatic rings. The van der Waals surface area contributed by atoms with Gasteiger partial charge in [0.15, 0.2) is 0 Å². The van der Waals surface area contributed by atoms with Gasteiger partial charge in [0.05, 0.1) is 0 Å². The molecule has 1 aliphatic carbocycles. The van der Waals surface area contributed by atoms with Crippen LogP contribution in [0.15, 0.2) is 0 Å². The molecule has 1 saturated heterocycles. The minimum atomic E-state index is 0.257. The van der Waals surface area contributed by atoms with Gasteiger partial charge in [0.1, 0.15) is 0 Å². The second kappa shape index (κ2) is 5.50. The second-order valence-electron chi connectivity index (χ2n) is 5.00. The second-order valence-corrected chi connectivity index (χ2v) is 5.00. The number of hydrogen-bond donors (Lipinski definition) is 2. The van der Waals surface area contributed by atoms with E-state index >= 15 is 0 Å². The van der Waals surface area contributed by atoms with Gasteiger partial charge in [0, 0.05) is 13.0 Å². The van der Waals surface area contributed by atoms with E-state index in [4.69, 9.17) is 0 Å². The first kappa shape index (κ1) is 10.9. The van der Waals surface area contributed by atoms with Crippen LogP contribution in [0.5, 0.6) is 0 Å². The van der Waals surface area contributed by atoms with Crippen LogP contribution in [0.4, 0.5) is 0 Å². The van der Waals surface area contributed by atoms with E-state index in [1.807, 2.05) is 0 Å². The number of amides is 1. The molecule has 0 aromatic heterocycles. The van der Waals surface area contributed by atoms with E-state index in [9.17, 15) is 4.79 Å². The third-order valence-electron chi connectivity index (χ3n) is 3.46. The number of carbonyl (C=O) groups excluding carboxylic acids is 1. The van der Waals surface area contributed by atoms with E-state index in [0.29, 0.717) is 0 Å². The topological polar surface area (TPSA) is 41.1 Å². The number of piperidine rings is 1. The Morgan fingerprint density at radius 3 is 2.80 bits per heavy atom. The molecule has 0 bridgehead atoms. The normalized spacial score (nSPS) is 26.3. The smallest absolute Gasteiger partial charge is 0.220 e. The number of hydrogen-bond acceptors (Lipinski definition) is 2. The van der Waals surface area contributed by atoms with Crippen LogP contribution in [0.25, 0.3) is 0 Å². The molecule has 1 amide bonds. The average Bonchev–Trinajstić information content (AvgIpc) is 3.09. The van der Waals surface area contributed by atoms with Crippen molar-refractivity contribution in [3.8, 4) is 0 Å². The van der Waals surface area contributed by atoms with Crippen molar-refractivity contribution in [3.63, 3.8) is 0 Å². The zero-order chi connectivity index (χ0) is 10.5. The molecule has 2 rings (SSSR count). The average molecular weight is 210 g/mol. The van der Waals surface area contributed by atoms with Gasteiger partial charge in [-0.3, -0.25) is 4.79 Å². The first-order chi connectivity index (χ1) is 7.34. The minimum Gasteiger partial charge on any atom is -0.356 e.